The minimum atomic E-state index is 0.0381. The molecule has 1 fully saturated rings. The summed E-state index contributed by atoms with van der Waals surface area (Å²) in [4.78, 5) is 18.3. The molecular formula is C14H21N3O2. The summed E-state index contributed by atoms with van der Waals surface area (Å²) in [6, 6.07) is 5.89. The summed E-state index contributed by atoms with van der Waals surface area (Å²) >= 11 is 0. The van der Waals surface area contributed by atoms with Gasteiger partial charge in [0.15, 0.2) is 0 Å². The third kappa shape index (κ3) is 4.01. The van der Waals surface area contributed by atoms with Gasteiger partial charge in [0.1, 0.15) is 0 Å². The van der Waals surface area contributed by atoms with E-state index in [-0.39, 0.29) is 11.9 Å². The van der Waals surface area contributed by atoms with Crippen molar-refractivity contribution in [3.8, 4) is 0 Å². The third-order valence-electron chi connectivity index (χ3n) is 3.37. The summed E-state index contributed by atoms with van der Waals surface area (Å²) in [7, 11) is 0. The average Bonchev–Trinajstić information content (AvgIpc) is 2.48. The maximum Gasteiger partial charge on any atom is 0.223 e. The van der Waals surface area contributed by atoms with Gasteiger partial charge in [-0.2, -0.15) is 0 Å². The Labute approximate surface area is 113 Å². The Morgan fingerprint density at radius 3 is 3.16 bits per heavy atom. The summed E-state index contributed by atoms with van der Waals surface area (Å²) < 4.78 is 5.34. The number of rotatable bonds is 5. The average molecular weight is 263 g/mol. The summed E-state index contributed by atoms with van der Waals surface area (Å²) in [6.45, 7) is 2.29. The van der Waals surface area contributed by atoms with Gasteiger partial charge in [-0.3, -0.25) is 9.78 Å². The van der Waals surface area contributed by atoms with Gasteiger partial charge in [-0.15, -0.1) is 0 Å². The lowest BCUT2D eigenvalue weighted by Crippen LogP contribution is -2.52. The molecule has 1 aromatic heterocycles. The van der Waals surface area contributed by atoms with Crippen LogP contribution in [0, 0.1) is 0 Å². The summed E-state index contributed by atoms with van der Waals surface area (Å²) in [5, 5.41) is 0. The van der Waals surface area contributed by atoms with Crippen molar-refractivity contribution in [1.82, 2.24) is 9.88 Å². The molecule has 0 radical (unpaired) electrons. The van der Waals surface area contributed by atoms with Crippen LogP contribution in [-0.4, -0.2) is 48.1 Å². The number of hydrogen-bond acceptors (Lipinski definition) is 4. The van der Waals surface area contributed by atoms with Crippen LogP contribution in [0.2, 0.25) is 0 Å². The predicted molar refractivity (Wildman–Crippen MR) is 72.5 cm³/mol. The Bertz CT molecular complexity index is 397. The molecule has 2 rings (SSSR count). The van der Waals surface area contributed by atoms with Crippen LogP contribution in [0.1, 0.15) is 18.5 Å². The highest BCUT2D eigenvalue weighted by molar-refractivity contribution is 5.76. The molecule has 0 aliphatic carbocycles. The van der Waals surface area contributed by atoms with E-state index in [4.69, 9.17) is 10.5 Å². The maximum atomic E-state index is 12.2. The van der Waals surface area contributed by atoms with E-state index in [1.165, 1.54) is 0 Å². The molecule has 0 aromatic carbocycles. The SMILES string of the molecule is NCC1COCCN1C(=O)CCCc1ccccn1. The number of nitrogens with zero attached hydrogens (tertiary/aromatic N) is 2. The monoisotopic (exact) mass is 263 g/mol. The molecule has 0 spiro atoms. The molecule has 0 saturated carbocycles. The van der Waals surface area contributed by atoms with Crippen LogP contribution in [0.3, 0.4) is 0 Å². The van der Waals surface area contributed by atoms with Crippen LogP contribution < -0.4 is 5.73 Å². The van der Waals surface area contributed by atoms with Gasteiger partial charge in [0.05, 0.1) is 19.3 Å². The van der Waals surface area contributed by atoms with Gasteiger partial charge < -0.3 is 15.4 Å². The Hall–Kier alpha value is -1.46. The second-order valence-electron chi connectivity index (χ2n) is 4.73. The molecule has 5 nitrogen and oxygen atoms in total. The van der Waals surface area contributed by atoms with Crippen LogP contribution in [0.4, 0.5) is 0 Å². The van der Waals surface area contributed by atoms with Crippen molar-refractivity contribution >= 4 is 5.91 Å². The Morgan fingerprint density at radius 1 is 1.53 bits per heavy atom. The number of ether oxygens (including phenoxy) is 1. The highest BCUT2D eigenvalue weighted by Crippen LogP contribution is 2.10. The molecular weight excluding hydrogens is 242 g/mol. The zero-order chi connectivity index (χ0) is 13.5. The normalized spacial score (nSPS) is 19.4. The smallest absolute Gasteiger partial charge is 0.223 e. The van der Waals surface area contributed by atoms with E-state index in [1.54, 1.807) is 6.20 Å². The molecule has 5 heteroatoms. The van der Waals surface area contributed by atoms with E-state index >= 15 is 0 Å². The van der Waals surface area contributed by atoms with E-state index in [2.05, 4.69) is 4.98 Å². The van der Waals surface area contributed by atoms with Gasteiger partial charge in [-0.25, -0.2) is 0 Å². The molecule has 0 bridgehead atoms. The van der Waals surface area contributed by atoms with Gasteiger partial charge in [0.25, 0.3) is 0 Å². The number of aromatic nitrogens is 1. The molecule has 2 heterocycles. The summed E-state index contributed by atoms with van der Waals surface area (Å²) in [5.41, 5.74) is 6.70. The minimum absolute atomic E-state index is 0.0381. The van der Waals surface area contributed by atoms with Gasteiger partial charge in [-0.1, -0.05) is 6.07 Å². The highest BCUT2D eigenvalue weighted by Gasteiger charge is 2.25. The van der Waals surface area contributed by atoms with E-state index in [1.807, 2.05) is 23.1 Å². The molecule has 1 amide bonds. The lowest BCUT2D eigenvalue weighted by atomic mass is 10.1. The van der Waals surface area contributed by atoms with Crippen molar-refractivity contribution < 1.29 is 9.53 Å². The Balaban J connectivity index is 1.77. The van der Waals surface area contributed by atoms with E-state index in [0.29, 0.717) is 32.7 Å². The van der Waals surface area contributed by atoms with Crippen LogP contribution in [0.5, 0.6) is 0 Å². The second kappa shape index (κ2) is 7.21. The van der Waals surface area contributed by atoms with Gasteiger partial charge >= 0.3 is 0 Å². The van der Waals surface area contributed by atoms with Crippen molar-refractivity contribution in [3.63, 3.8) is 0 Å². The Morgan fingerprint density at radius 2 is 2.42 bits per heavy atom. The fraction of sp³-hybridized carbons (Fsp3) is 0.571. The van der Waals surface area contributed by atoms with Crippen molar-refractivity contribution in [2.45, 2.75) is 25.3 Å². The first-order chi connectivity index (χ1) is 9.31. The zero-order valence-corrected chi connectivity index (χ0v) is 11.1. The van der Waals surface area contributed by atoms with Gasteiger partial charge in [0, 0.05) is 31.4 Å². The fourth-order valence-electron chi connectivity index (χ4n) is 2.29. The number of carbonyl (C=O) groups is 1. The molecule has 1 aromatic rings. The van der Waals surface area contributed by atoms with Crippen LogP contribution in [-0.2, 0) is 16.0 Å². The van der Waals surface area contributed by atoms with E-state index < -0.39 is 0 Å². The topological polar surface area (TPSA) is 68.5 Å². The summed E-state index contributed by atoms with van der Waals surface area (Å²) in [5.74, 6) is 0.176. The van der Waals surface area contributed by atoms with Crippen molar-refractivity contribution in [1.29, 1.82) is 0 Å². The number of hydrogen-bond donors (Lipinski definition) is 1. The number of amides is 1. The number of morpholine rings is 1. The van der Waals surface area contributed by atoms with Crippen molar-refractivity contribution in [2.24, 2.45) is 5.73 Å². The largest absolute Gasteiger partial charge is 0.377 e. The van der Waals surface area contributed by atoms with Crippen LogP contribution in [0.15, 0.2) is 24.4 Å². The van der Waals surface area contributed by atoms with Crippen molar-refractivity contribution in [2.75, 3.05) is 26.3 Å². The first-order valence-electron chi connectivity index (χ1n) is 6.78. The third-order valence-corrected chi connectivity index (χ3v) is 3.37. The van der Waals surface area contributed by atoms with Gasteiger partial charge in [0.2, 0.25) is 5.91 Å². The number of aryl methyl sites for hydroxylation is 1. The number of nitrogens with two attached hydrogens (primary N) is 1. The lowest BCUT2D eigenvalue weighted by Gasteiger charge is -2.35. The molecule has 2 N–H and O–H groups in total. The minimum Gasteiger partial charge on any atom is -0.377 e. The lowest BCUT2D eigenvalue weighted by molar-refractivity contribution is -0.139. The predicted octanol–water partition coefficient (Wildman–Crippen LogP) is 0.590. The molecule has 1 saturated heterocycles. The van der Waals surface area contributed by atoms with E-state index in [9.17, 15) is 4.79 Å². The van der Waals surface area contributed by atoms with Crippen LogP contribution in [0.25, 0.3) is 0 Å². The molecule has 1 aliphatic rings. The number of carbonyl (C=O) groups excluding carboxylic acids is 1. The quantitative estimate of drug-likeness (QED) is 0.844. The molecule has 19 heavy (non-hydrogen) atoms. The fourth-order valence-corrected chi connectivity index (χ4v) is 2.29. The standard InChI is InChI=1S/C14H21N3O2/c15-10-13-11-19-9-8-17(13)14(18)6-3-5-12-4-1-2-7-16-12/h1-2,4,7,13H,3,5-6,8-11,15H2. The number of pyridine rings is 1. The van der Waals surface area contributed by atoms with Crippen molar-refractivity contribution in [3.05, 3.63) is 30.1 Å². The highest BCUT2D eigenvalue weighted by atomic mass is 16.5. The maximum absolute atomic E-state index is 12.2. The summed E-state index contributed by atoms with van der Waals surface area (Å²) in [6.07, 6.45) is 3.99. The molecule has 1 aliphatic heterocycles. The van der Waals surface area contributed by atoms with Crippen LogP contribution >= 0.6 is 0 Å². The second-order valence-corrected chi connectivity index (χ2v) is 4.73. The Kier molecular flexibility index (Phi) is 5.30. The molecule has 1 unspecified atom stereocenters. The molecule has 104 valence electrons. The first kappa shape index (κ1) is 14.0. The van der Waals surface area contributed by atoms with E-state index in [0.717, 1.165) is 18.5 Å². The zero-order valence-electron chi connectivity index (χ0n) is 11.1. The molecule has 1 atom stereocenters. The first-order valence-corrected chi connectivity index (χ1v) is 6.78. The van der Waals surface area contributed by atoms with Gasteiger partial charge in [-0.05, 0) is 25.0 Å².